The van der Waals surface area contributed by atoms with Gasteiger partial charge in [-0.15, -0.1) is 0 Å². The molecule has 1 unspecified atom stereocenters. The van der Waals surface area contributed by atoms with Crippen molar-refractivity contribution in [3.63, 3.8) is 0 Å². The molecule has 3 aromatic rings. The predicted octanol–water partition coefficient (Wildman–Crippen LogP) is 2.54. The quantitative estimate of drug-likeness (QED) is 0.609. The number of aromatic nitrogens is 3. The summed E-state index contributed by atoms with van der Waals surface area (Å²) in [5, 5.41) is 22.2. The van der Waals surface area contributed by atoms with E-state index in [-0.39, 0.29) is 19.0 Å². The highest BCUT2D eigenvalue weighted by atomic mass is 19.3. The van der Waals surface area contributed by atoms with Gasteiger partial charge in [-0.25, -0.2) is 13.8 Å². The first-order chi connectivity index (χ1) is 13.6. The third-order valence-electron chi connectivity index (χ3n) is 4.05. The molecular formula is C20H19F2N3O3. The first kappa shape index (κ1) is 19.7. The van der Waals surface area contributed by atoms with Gasteiger partial charge in [0.1, 0.15) is 11.5 Å². The number of halogens is 2. The second-order valence-corrected chi connectivity index (χ2v) is 6.15. The van der Waals surface area contributed by atoms with Crippen LogP contribution in [0.1, 0.15) is 40.9 Å². The van der Waals surface area contributed by atoms with Crippen LogP contribution in [0.15, 0.2) is 47.2 Å². The average molecular weight is 387 g/mol. The maximum absolute atomic E-state index is 12.7. The smallest absolute Gasteiger partial charge is 0.271 e. The number of hydrogen-bond acceptors (Lipinski definition) is 5. The van der Waals surface area contributed by atoms with Gasteiger partial charge in [-0.1, -0.05) is 23.2 Å². The van der Waals surface area contributed by atoms with Gasteiger partial charge in [-0.2, -0.15) is 0 Å². The Morgan fingerprint density at radius 3 is 2.68 bits per heavy atom. The van der Waals surface area contributed by atoms with Crippen molar-refractivity contribution in [1.29, 1.82) is 0 Å². The fraction of sp³-hybridized carbons (Fsp3) is 0.300. The van der Waals surface area contributed by atoms with Crippen molar-refractivity contribution < 1.29 is 23.5 Å². The number of benzene rings is 1. The van der Waals surface area contributed by atoms with Gasteiger partial charge in [0, 0.05) is 30.6 Å². The molecule has 8 heteroatoms. The van der Waals surface area contributed by atoms with Gasteiger partial charge in [0.25, 0.3) is 6.43 Å². The molecule has 1 aromatic carbocycles. The van der Waals surface area contributed by atoms with Crippen molar-refractivity contribution >= 4 is 0 Å². The molecule has 0 saturated carbocycles. The molecule has 28 heavy (non-hydrogen) atoms. The van der Waals surface area contributed by atoms with Gasteiger partial charge in [0.2, 0.25) is 5.76 Å². The summed E-state index contributed by atoms with van der Waals surface area (Å²) in [5.41, 5.74) is 2.41. The van der Waals surface area contributed by atoms with Crippen LogP contribution in [0, 0.1) is 11.8 Å². The summed E-state index contributed by atoms with van der Waals surface area (Å²) in [5.74, 6) is 6.05. The average Bonchev–Trinajstić information content (AvgIpc) is 3.34. The van der Waals surface area contributed by atoms with E-state index in [2.05, 4.69) is 22.0 Å². The van der Waals surface area contributed by atoms with Crippen molar-refractivity contribution in [1.82, 2.24) is 14.7 Å². The molecule has 0 aliphatic rings. The second-order valence-electron chi connectivity index (χ2n) is 6.15. The van der Waals surface area contributed by atoms with Gasteiger partial charge in [0.05, 0.1) is 6.54 Å². The highest BCUT2D eigenvalue weighted by molar-refractivity contribution is 5.40. The molecule has 146 valence electrons. The zero-order valence-electron chi connectivity index (χ0n) is 14.9. The van der Waals surface area contributed by atoms with Crippen LogP contribution in [0.4, 0.5) is 8.78 Å². The van der Waals surface area contributed by atoms with Crippen LogP contribution in [-0.2, 0) is 13.0 Å². The van der Waals surface area contributed by atoms with Gasteiger partial charge >= 0.3 is 0 Å². The molecule has 0 bridgehead atoms. The third-order valence-corrected chi connectivity index (χ3v) is 4.05. The van der Waals surface area contributed by atoms with E-state index in [4.69, 9.17) is 9.63 Å². The number of aliphatic hydroxyl groups excluding tert-OH is 2. The minimum atomic E-state index is -2.92. The monoisotopic (exact) mass is 387 g/mol. The zero-order chi connectivity index (χ0) is 19.9. The number of aliphatic hydroxyl groups is 2. The van der Waals surface area contributed by atoms with Crippen molar-refractivity contribution in [2.75, 3.05) is 6.61 Å². The van der Waals surface area contributed by atoms with E-state index < -0.39 is 12.5 Å². The minimum Gasteiger partial charge on any atom is -0.396 e. The molecule has 2 aromatic heterocycles. The topological polar surface area (TPSA) is 84.3 Å². The van der Waals surface area contributed by atoms with Gasteiger partial charge in [-0.05, 0) is 36.5 Å². The number of hydrogen-bond donors (Lipinski definition) is 2. The molecule has 0 spiro atoms. The molecule has 6 nitrogen and oxygen atoms in total. The predicted molar refractivity (Wildman–Crippen MR) is 96.6 cm³/mol. The number of imidazole rings is 1. The summed E-state index contributed by atoms with van der Waals surface area (Å²) in [4.78, 5) is 3.77. The summed E-state index contributed by atoms with van der Waals surface area (Å²) in [6.07, 6.45) is -0.521. The SMILES string of the molecule is OCCCc1ccc(C#Cc2cc(Cn3ccnc3C(O)C(F)F)no2)cc1. The van der Waals surface area contributed by atoms with E-state index in [0.29, 0.717) is 11.5 Å². The molecule has 0 radical (unpaired) electrons. The van der Waals surface area contributed by atoms with Crippen LogP contribution in [0.5, 0.6) is 0 Å². The Balaban J connectivity index is 1.66. The lowest BCUT2D eigenvalue weighted by molar-refractivity contribution is -0.0126. The van der Waals surface area contributed by atoms with Crippen LogP contribution in [0.3, 0.4) is 0 Å². The van der Waals surface area contributed by atoms with Gasteiger partial charge < -0.3 is 19.3 Å². The van der Waals surface area contributed by atoms with E-state index >= 15 is 0 Å². The highest BCUT2D eigenvalue weighted by Gasteiger charge is 2.24. The number of rotatable bonds is 7. The third kappa shape index (κ3) is 5.03. The maximum atomic E-state index is 12.7. The fourth-order valence-electron chi connectivity index (χ4n) is 2.62. The highest BCUT2D eigenvalue weighted by Crippen LogP contribution is 2.19. The first-order valence-electron chi connectivity index (χ1n) is 8.71. The van der Waals surface area contributed by atoms with Crippen molar-refractivity contribution in [3.05, 3.63) is 71.1 Å². The van der Waals surface area contributed by atoms with E-state index in [0.717, 1.165) is 24.0 Å². The Hall–Kier alpha value is -3.02. The molecule has 1 atom stereocenters. The van der Waals surface area contributed by atoms with Crippen LogP contribution < -0.4 is 0 Å². The zero-order valence-corrected chi connectivity index (χ0v) is 14.9. The van der Waals surface area contributed by atoms with E-state index in [9.17, 15) is 13.9 Å². The molecule has 2 heterocycles. The Labute approximate surface area is 160 Å². The standard InChI is InChI=1S/C20H19F2N3O3/c21-19(22)18(27)20-23-9-10-25(20)13-16-12-17(28-24-16)8-7-15-5-3-14(4-6-15)2-1-11-26/h3-6,9-10,12,18-19,26-27H,1-2,11,13H2. The lowest BCUT2D eigenvalue weighted by atomic mass is 10.1. The Kier molecular flexibility index (Phi) is 6.53. The minimum absolute atomic E-state index is 0.129. The fourth-order valence-corrected chi connectivity index (χ4v) is 2.62. The Morgan fingerprint density at radius 2 is 1.96 bits per heavy atom. The van der Waals surface area contributed by atoms with E-state index in [1.165, 1.54) is 17.0 Å². The van der Waals surface area contributed by atoms with Gasteiger partial charge in [-0.3, -0.25) is 0 Å². The van der Waals surface area contributed by atoms with Crippen LogP contribution in [0.2, 0.25) is 0 Å². The Bertz CT molecular complexity index is 955. The summed E-state index contributed by atoms with van der Waals surface area (Å²) < 4.78 is 31.9. The van der Waals surface area contributed by atoms with Gasteiger partial charge in [0.15, 0.2) is 6.10 Å². The van der Waals surface area contributed by atoms with Crippen molar-refractivity contribution in [3.8, 4) is 11.8 Å². The molecule has 0 fully saturated rings. The van der Waals surface area contributed by atoms with E-state index in [1.807, 2.05) is 24.3 Å². The molecule has 0 saturated heterocycles. The molecule has 2 N–H and O–H groups in total. The van der Waals surface area contributed by atoms with Crippen LogP contribution in [-0.4, -0.2) is 38.0 Å². The van der Waals surface area contributed by atoms with Crippen molar-refractivity contribution in [2.24, 2.45) is 0 Å². The van der Waals surface area contributed by atoms with Crippen LogP contribution >= 0.6 is 0 Å². The molecule has 0 aliphatic carbocycles. The van der Waals surface area contributed by atoms with Crippen LogP contribution in [0.25, 0.3) is 0 Å². The summed E-state index contributed by atoms with van der Waals surface area (Å²) in [6.45, 7) is 0.293. The lowest BCUT2D eigenvalue weighted by Gasteiger charge is -2.11. The molecule has 0 aliphatic heterocycles. The Morgan fingerprint density at radius 1 is 1.18 bits per heavy atom. The summed E-state index contributed by atoms with van der Waals surface area (Å²) >= 11 is 0. The normalized spacial score (nSPS) is 12.0. The largest absolute Gasteiger partial charge is 0.396 e. The molecule has 3 rings (SSSR count). The number of alkyl halides is 2. The summed E-state index contributed by atoms with van der Waals surface area (Å²) in [6, 6.07) is 9.31. The maximum Gasteiger partial charge on any atom is 0.271 e. The number of nitrogens with zero attached hydrogens (tertiary/aromatic N) is 3. The molecule has 0 amide bonds. The van der Waals surface area contributed by atoms with Crippen molar-refractivity contribution in [2.45, 2.75) is 31.9 Å². The first-order valence-corrected chi connectivity index (χ1v) is 8.71. The summed E-state index contributed by atoms with van der Waals surface area (Å²) in [7, 11) is 0. The second kappa shape index (κ2) is 9.26. The number of aryl methyl sites for hydroxylation is 1. The van der Waals surface area contributed by atoms with E-state index in [1.54, 1.807) is 6.07 Å². The lowest BCUT2D eigenvalue weighted by Crippen LogP contribution is -2.15. The molecular weight excluding hydrogens is 368 g/mol.